The second-order valence-electron chi connectivity index (χ2n) is 7.20. The van der Waals surface area contributed by atoms with E-state index in [2.05, 4.69) is 49.8 Å². The molecular weight excluding hydrogens is 336 g/mol. The summed E-state index contributed by atoms with van der Waals surface area (Å²) in [4.78, 5) is 11.5. The van der Waals surface area contributed by atoms with E-state index < -0.39 is 5.97 Å². The van der Waals surface area contributed by atoms with E-state index >= 15 is 0 Å². The summed E-state index contributed by atoms with van der Waals surface area (Å²) in [5.41, 5.74) is 5.40. The van der Waals surface area contributed by atoms with Crippen molar-refractivity contribution >= 4 is 17.4 Å². The largest absolute Gasteiger partial charge is 0.476 e. The molecule has 0 saturated heterocycles. The third-order valence-corrected chi connectivity index (χ3v) is 4.55. The quantitative estimate of drug-likeness (QED) is 0.790. The Morgan fingerprint density at radius 2 is 1.81 bits per heavy atom. The Labute approximate surface area is 160 Å². The third-order valence-electron chi connectivity index (χ3n) is 4.55. The highest BCUT2D eigenvalue weighted by Crippen LogP contribution is 2.34. The second kappa shape index (κ2) is 7.62. The van der Waals surface area contributed by atoms with Crippen LogP contribution in [0.15, 0.2) is 77.6 Å². The van der Waals surface area contributed by atoms with Crippen LogP contribution in [0.2, 0.25) is 0 Å². The van der Waals surface area contributed by atoms with Crippen LogP contribution in [0, 0.1) is 5.92 Å². The number of hydrogen-bond donors (Lipinski definition) is 1. The van der Waals surface area contributed by atoms with E-state index in [1.807, 2.05) is 37.4 Å². The van der Waals surface area contributed by atoms with Crippen molar-refractivity contribution in [2.75, 3.05) is 5.01 Å². The van der Waals surface area contributed by atoms with Crippen LogP contribution >= 0.6 is 0 Å². The lowest BCUT2D eigenvalue weighted by atomic mass is 9.98. The van der Waals surface area contributed by atoms with Gasteiger partial charge in [-0.1, -0.05) is 62.9 Å². The number of nitrogens with zero attached hydrogens (tertiary/aromatic N) is 2. The number of rotatable bonds is 5. The highest BCUT2D eigenvalue weighted by atomic mass is 16.4. The first-order valence-electron chi connectivity index (χ1n) is 9.04. The average molecular weight is 360 g/mol. The number of carbonyl (C=O) groups is 1. The van der Waals surface area contributed by atoms with Crippen molar-refractivity contribution in [3.05, 3.63) is 78.0 Å². The Balaban J connectivity index is 2.02. The maximum Gasteiger partial charge on any atom is 0.356 e. The molecule has 0 aliphatic carbocycles. The van der Waals surface area contributed by atoms with E-state index in [-0.39, 0.29) is 5.71 Å². The maximum absolute atomic E-state index is 11.5. The van der Waals surface area contributed by atoms with Crippen molar-refractivity contribution in [1.29, 1.82) is 0 Å². The van der Waals surface area contributed by atoms with Gasteiger partial charge in [-0.25, -0.2) is 9.80 Å². The van der Waals surface area contributed by atoms with Crippen LogP contribution in [-0.4, -0.2) is 16.8 Å². The van der Waals surface area contributed by atoms with E-state index in [1.54, 1.807) is 5.01 Å². The zero-order valence-electron chi connectivity index (χ0n) is 15.9. The Hall–Kier alpha value is -3.14. The average Bonchev–Trinajstić information content (AvgIpc) is 2.64. The number of aliphatic carboxylic acids is 1. The fourth-order valence-electron chi connectivity index (χ4n) is 3.15. The Bertz CT molecular complexity index is 937. The molecule has 0 radical (unpaired) electrons. The molecule has 0 saturated carbocycles. The van der Waals surface area contributed by atoms with Crippen LogP contribution in [-0.2, 0) is 11.2 Å². The molecule has 4 heteroatoms. The van der Waals surface area contributed by atoms with Crippen molar-refractivity contribution in [3.63, 3.8) is 0 Å². The van der Waals surface area contributed by atoms with Gasteiger partial charge in [0, 0.05) is 17.3 Å². The van der Waals surface area contributed by atoms with Gasteiger partial charge in [0.2, 0.25) is 0 Å². The number of carboxylic acids is 1. The molecule has 0 amide bonds. The van der Waals surface area contributed by atoms with E-state index in [9.17, 15) is 9.90 Å². The predicted molar refractivity (Wildman–Crippen MR) is 111 cm³/mol. The van der Waals surface area contributed by atoms with Gasteiger partial charge in [-0.3, -0.25) is 0 Å². The molecule has 0 unspecified atom stereocenters. The lowest BCUT2D eigenvalue weighted by Crippen LogP contribution is -2.26. The predicted octanol–water partition coefficient (Wildman–Crippen LogP) is 5.27. The molecule has 3 rings (SSSR count). The minimum Gasteiger partial charge on any atom is -0.476 e. The standard InChI is InChI=1S/C23H24N2O2/c1-15(2)13-18-9-11-19(12-10-18)20-7-5-6-8-21(20)25-14-16(3)17(4)22(24-25)23(26)27/h5-12,14-15H,4,13H2,1-3H3,(H,26,27). The highest BCUT2D eigenvalue weighted by Gasteiger charge is 2.23. The van der Waals surface area contributed by atoms with Gasteiger partial charge in [-0.15, -0.1) is 0 Å². The highest BCUT2D eigenvalue weighted by molar-refractivity contribution is 6.44. The first kappa shape index (κ1) is 18.6. The monoisotopic (exact) mass is 360 g/mol. The smallest absolute Gasteiger partial charge is 0.356 e. The molecule has 138 valence electrons. The fraction of sp³-hybridized carbons (Fsp3) is 0.217. The van der Waals surface area contributed by atoms with Gasteiger partial charge in [0.05, 0.1) is 5.69 Å². The van der Waals surface area contributed by atoms with Crippen LogP contribution in [0.25, 0.3) is 11.1 Å². The van der Waals surface area contributed by atoms with Crippen LogP contribution in [0.3, 0.4) is 0 Å². The summed E-state index contributed by atoms with van der Waals surface area (Å²) in [5, 5.41) is 15.4. The minimum absolute atomic E-state index is 0.0305. The summed E-state index contributed by atoms with van der Waals surface area (Å²) in [7, 11) is 0. The Kier molecular flexibility index (Phi) is 5.26. The number of anilines is 1. The van der Waals surface area contributed by atoms with Gasteiger partial charge in [0.1, 0.15) is 0 Å². The van der Waals surface area contributed by atoms with Gasteiger partial charge in [0.25, 0.3) is 0 Å². The van der Waals surface area contributed by atoms with E-state index in [1.165, 1.54) is 5.56 Å². The molecule has 1 aliphatic heterocycles. The molecule has 0 spiro atoms. The summed E-state index contributed by atoms with van der Waals surface area (Å²) in [6.07, 6.45) is 2.87. The van der Waals surface area contributed by atoms with Crippen LogP contribution in [0.4, 0.5) is 5.69 Å². The number of hydrazone groups is 1. The van der Waals surface area contributed by atoms with Gasteiger partial charge < -0.3 is 5.11 Å². The number of benzene rings is 2. The van der Waals surface area contributed by atoms with Gasteiger partial charge >= 0.3 is 5.97 Å². The van der Waals surface area contributed by atoms with E-state index in [0.717, 1.165) is 28.8 Å². The molecule has 2 aromatic carbocycles. The first-order valence-corrected chi connectivity index (χ1v) is 9.04. The molecule has 1 heterocycles. The van der Waals surface area contributed by atoms with Gasteiger partial charge in [-0.2, -0.15) is 5.10 Å². The summed E-state index contributed by atoms with van der Waals surface area (Å²) in [5.74, 6) is -0.463. The summed E-state index contributed by atoms with van der Waals surface area (Å²) in [6.45, 7) is 10.1. The lowest BCUT2D eigenvalue weighted by Gasteiger charge is -2.24. The zero-order valence-corrected chi connectivity index (χ0v) is 15.9. The van der Waals surface area contributed by atoms with Gasteiger partial charge in [-0.05, 0) is 42.0 Å². The lowest BCUT2D eigenvalue weighted by molar-refractivity contribution is -0.129. The molecular formula is C23H24N2O2. The number of para-hydroxylation sites is 1. The second-order valence-corrected chi connectivity index (χ2v) is 7.20. The number of carboxylic acid groups (broad SMARTS) is 1. The molecule has 0 bridgehead atoms. The molecule has 4 nitrogen and oxygen atoms in total. The zero-order chi connectivity index (χ0) is 19.6. The topological polar surface area (TPSA) is 52.9 Å². The number of allylic oxidation sites excluding steroid dienone is 1. The Morgan fingerprint density at radius 1 is 1.15 bits per heavy atom. The van der Waals surface area contributed by atoms with Crippen molar-refractivity contribution in [2.24, 2.45) is 11.0 Å². The van der Waals surface area contributed by atoms with Crippen molar-refractivity contribution in [3.8, 4) is 11.1 Å². The van der Waals surface area contributed by atoms with Crippen molar-refractivity contribution in [2.45, 2.75) is 27.2 Å². The van der Waals surface area contributed by atoms with Crippen molar-refractivity contribution in [1.82, 2.24) is 0 Å². The van der Waals surface area contributed by atoms with E-state index in [4.69, 9.17) is 0 Å². The van der Waals surface area contributed by atoms with Crippen LogP contribution < -0.4 is 5.01 Å². The van der Waals surface area contributed by atoms with E-state index in [0.29, 0.717) is 11.5 Å². The molecule has 0 atom stereocenters. The summed E-state index contributed by atoms with van der Waals surface area (Å²) in [6, 6.07) is 16.4. The fourth-order valence-corrected chi connectivity index (χ4v) is 3.15. The van der Waals surface area contributed by atoms with Crippen LogP contribution in [0.1, 0.15) is 26.3 Å². The first-order chi connectivity index (χ1) is 12.9. The number of hydrogen-bond acceptors (Lipinski definition) is 3. The van der Waals surface area contributed by atoms with Crippen molar-refractivity contribution < 1.29 is 9.90 Å². The molecule has 1 aliphatic rings. The molecule has 2 aromatic rings. The third kappa shape index (κ3) is 4.00. The minimum atomic E-state index is -1.08. The van der Waals surface area contributed by atoms with Gasteiger partial charge in [0.15, 0.2) is 5.71 Å². The Morgan fingerprint density at radius 3 is 2.44 bits per heavy atom. The molecule has 1 N–H and O–H groups in total. The summed E-state index contributed by atoms with van der Waals surface area (Å²) < 4.78 is 0. The normalized spacial score (nSPS) is 14.2. The maximum atomic E-state index is 11.5. The SMILES string of the molecule is C=C1C(C)=CN(c2ccccc2-c2ccc(CC(C)C)cc2)N=C1C(=O)O. The molecule has 0 aromatic heterocycles. The molecule has 27 heavy (non-hydrogen) atoms. The van der Waals surface area contributed by atoms with Crippen LogP contribution in [0.5, 0.6) is 0 Å². The summed E-state index contributed by atoms with van der Waals surface area (Å²) >= 11 is 0. The molecule has 0 fully saturated rings.